The van der Waals surface area contributed by atoms with Gasteiger partial charge in [-0.05, 0) is 78.5 Å². The molecule has 0 radical (unpaired) electrons. The highest BCUT2D eigenvalue weighted by atomic mass is 16.6. The molecule has 0 unspecified atom stereocenters. The third-order valence-corrected chi connectivity index (χ3v) is 12.0. The minimum atomic E-state index is -0.959. The summed E-state index contributed by atoms with van der Waals surface area (Å²) in [6.45, 7) is 16.6. The van der Waals surface area contributed by atoms with Crippen LogP contribution >= 0.6 is 0 Å². The van der Waals surface area contributed by atoms with Crippen LogP contribution in [0.25, 0.3) is 0 Å². The van der Waals surface area contributed by atoms with E-state index in [1.807, 2.05) is 77.0 Å². The van der Waals surface area contributed by atoms with Crippen molar-refractivity contribution in [2.24, 2.45) is 17.8 Å². The van der Waals surface area contributed by atoms with Crippen LogP contribution in [0, 0.1) is 17.8 Å². The van der Waals surface area contributed by atoms with Gasteiger partial charge in [0.1, 0.15) is 17.7 Å². The maximum absolute atomic E-state index is 14.3. The lowest BCUT2D eigenvalue weighted by Gasteiger charge is -2.39. The molecule has 1 aliphatic heterocycles. The van der Waals surface area contributed by atoms with Gasteiger partial charge in [-0.25, -0.2) is 9.59 Å². The average molecular weight is 932 g/mol. The number of benzene rings is 1. The Morgan fingerprint density at radius 2 is 1.52 bits per heavy atom. The van der Waals surface area contributed by atoms with Crippen molar-refractivity contribution in [3.8, 4) is 0 Å². The number of likely N-dealkylation sites (N-methyl/N-ethyl adjacent to an activating group) is 2. The van der Waals surface area contributed by atoms with E-state index in [-0.39, 0.29) is 68.5 Å². The Morgan fingerprint density at radius 1 is 0.864 bits per heavy atom. The standard InChI is InChI=1S/C48H81N7O11/c1-15-31(4)41(54(12)39(57)29-50-45(60)40(30(2)3)53(10)11)37(63-13)28-38(56)55-25-19-23-36(55)42(64-14)32(5)43(58)52-35(27-34-21-17-16-18-22-34)44(59)49-24-20-26-65-46(61)33(6)51-47(62)66-48(7,8)9/h16-18,21-22,30-33,35-37,40-42H,15,19-20,23-29H2,1-14H3,(H,49,59)(H,50,60)(H,51,62)(H,52,58)/t31-,32+,33-,35-,36-,37+,40-,41-,42+/m0/s1. The average Bonchev–Trinajstić information content (AvgIpc) is 3.73. The highest BCUT2D eigenvalue weighted by Gasteiger charge is 2.42. The third-order valence-electron chi connectivity index (χ3n) is 12.0. The highest BCUT2D eigenvalue weighted by molar-refractivity contribution is 5.89. The topological polar surface area (TPSA) is 214 Å². The van der Waals surface area contributed by atoms with Gasteiger partial charge in [-0.3, -0.25) is 28.9 Å². The molecule has 0 bridgehead atoms. The second-order valence-electron chi connectivity index (χ2n) is 18.9. The second-order valence-corrected chi connectivity index (χ2v) is 18.9. The molecule has 0 aromatic heterocycles. The predicted octanol–water partition coefficient (Wildman–Crippen LogP) is 3.30. The first-order valence-corrected chi connectivity index (χ1v) is 23.3. The third kappa shape index (κ3) is 18.1. The maximum atomic E-state index is 14.3. The number of alkyl carbamates (subject to hydrolysis) is 1. The van der Waals surface area contributed by atoms with Gasteiger partial charge in [0.25, 0.3) is 0 Å². The van der Waals surface area contributed by atoms with Crippen molar-refractivity contribution in [1.82, 2.24) is 36.0 Å². The van der Waals surface area contributed by atoms with Crippen LogP contribution in [0.2, 0.25) is 0 Å². The zero-order chi connectivity index (χ0) is 49.9. The number of nitrogens with one attached hydrogen (secondary N) is 4. The van der Waals surface area contributed by atoms with E-state index in [9.17, 15) is 33.6 Å². The number of likely N-dealkylation sites (tertiary alicyclic amines) is 1. The quantitative estimate of drug-likeness (QED) is 0.0779. The van der Waals surface area contributed by atoms with E-state index in [0.717, 1.165) is 5.56 Å². The SMILES string of the molecule is CC[C@H](C)[C@@H]([C@@H](CC(=O)N1CCC[C@H]1[C@H](OC)[C@@H](C)C(=O)N[C@@H](Cc1ccccc1)C(=O)NCCCOC(=O)[C@H](C)NC(=O)OC(C)(C)C)OC)N(C)C(=O)CNC(=O)[C@H](C(C)C)N(C)C. The molecule has 4 N–H and O–H groups in total. The van der Waals surface area contributed by atoms with Crippen molar-refractivity contribution in [3.05, 3.63) is 35.9 Å². The number of ether oxygens (including phenoxy) is 4. The number of nitrogens with zero attached hydrogens (tertiary/aromatic N) is 3. The molecule has 1 aromatic rings. The van der Waals surface area contributed by atoms with E-state index >= 15 is 0 Å². The van der Waals surface area contributed by atoms with E-state index in [4.69, 9.17) is 18.9 Å². The van der Waals surface area contributed by atoms with Gasteiger partial charge in [-0.1, -0.05) is 71.4 Å². The lowest BCUT2D eigenvalue weighted by atomic mass is 9.90. The summed E-state index contributed by atoms with van der Waals surface area (Å²) < 4.78 is 22.4. The van der Waals surface area contributed by atoms with Crippen LogP contribution in [0.15, 0.2) is 30.3 Å². The minimum Gasteiger partial charge on any atom is -0.464 e. The van der Waals surface area contributed by atoms with Crippen LogP contribution in [-0.2, 0) is 54.1 Å². The first-order valence-electron chi connectivity index (χ1n) is 23.3. The molecule has 0 spiro atoms. The fraction of sp³-hybridized carbons (Fsp3) is 0.729. The number of rotatable bonds is 26. The summed E-state index contributed by atoms with van der Waals surface area (Å²) in [7, 11) is 8.35. The molecular formula is C48H81N7O11. The molecule has 1 saturated heterocycles. The Morgan fingerprint density at radius 3 is 2.08 bits per heavy atom. The van der Waals surface area contributed by atoms with Crippen molar-refractivity contribution < 1.29 is 52.5 Å². The normalized spacial score (nSPS) is 17.6. The van der Waals surface area contributed by atoms with Crippen LogP contribution in [-0.4, -0.2) is 166 Å². The van der Waals surface area contributed by atoms with Gasteiger partial charge in [0, 0.05) is 40.8 Å². The summed E-state index contributed by atoms with van der Waals surface area (Å²) in [4.78, 5) is 98.2. The zero-order valence-corrected chi connectivity index (χ0v) is 42.1. The van der Waals surface area contributed by atoms with Gasteiger partial charge >= 0.3 is 12.1 Å². The lowest BCUT2D eigenvalue weighted by molar-refractivity contribution is -0.146. The summed E-state index contributed by atoms with van der Waals surface area (Å²) >= 11 is 0. The summed E-state index contributed by atoms with van der Waals surface area (Å²) in [5.74, 6) is -3.05. The summed E-state index contributed by atoms with van der Waals surface area (Å²) in [6.07, 6.45) is 0.309. The molecule has 1 heterocycles. The van der Waals surface area contributed by atoms with Crippen molar-refractivity contribution in [2.75, 3.05) is 61.6 Å². The Hall–Kier alpha value is -4.81. The van der Waals surface area contributed by atoms with Crippen molar-refractivity contribution >= 4 is 41.6 Å². The highest BCUT2D eigenvalue weighted by Crippen LogP contribution is 2.29. The molecule has 1 aliphatic rings. The van der Waals surface area contributed by atoms with E-state index in [0.29, 0.717) is 25.8 Å². The monoisotopic (exact) mass is 932 g/mol. The maximum Gasteiger partial charge on any atom is 0.408 e. The fourth-order valence-corrected chi connectivity index (χ4v) is 8.46. The Balaban J connectivity index is 2.14. The number of carbonyl (C=O) groups is 7. The largest absolute Gasteiger partial charge is 0.464 e. The molecule has 9 atom stereocenters. The molecule has 374 valence electrons. The number of methoxy groups -OCH3 is 2. The molecule has 2 rings (SSSR count). The molecule has 1 aromatic carbocycles. The van der Waals surface area contributed by atoms with Crippen molar-refractivity contribution in [3.63, 3.8) is 0 Å². The Labute approximate surface area is 393 Å². The van der Waals surface area contributed by atoms with Crippen LogP contribution in [0.3, 0.4) is 0 Å². The van der Waals surface area contributed by atoms with E-state index in [1.54, 1.807) is 44.5 Å². The smallest absolute Gasteiger partial charge is 0.408 e. The first kappa shape index (κ1) is 57.3. The Bertz CT molecular complexity index is 1720. The first-order chi connectivity index (χ1) is 31.0. The minimum absolute atomic E-state index is 0.0214. The van der Waals surface area contributed by atoms with E-state index < -0.39 is 77.8 Å². The molecule has 0 aliphatic carbocycles. The summed E-state index contributed by atoms with van der Waals surface area (Å²) in [5, 5.41) is 11.0. The number of hydrogen-bond donors (Lipinski definition) is 4. The van der Waals surface area contributed by atoms with Crippen molar-refractivity contribution in [1.29, 1.82) is 0 Å². The fourth-order valence-electron chi connectivity index (χ4n) is 8.46. The second kappa shape index (κ2) is 27.7. The van der Waals surface area contributed by atoms with Crippen LogP contribution in [0.5, 0.6) is 0 Å². The van der Waals surface area contributed by atoms with Crippen molar-refractivity contribution in [2.45, 2.75) is 149 Å². The van der Waals surface area contributed by atoms with E-state index in [1.165, 1.54) is 21.1 Å². The molecular weight excluding hydrogens is 851 g/mol. The summed E-state index contributed by atoms with van der Waals surface area (Å²) in [6, 6.07) is 6.04. The molecule has 0 saturated carbocycles. The van der Waals surface area contributed by atoms with Gasteiger partial charge in [0.15, 0.2) is 0 Å². The zero-order valence-electron chi connectivity index (χ0n) is 42.1. The van der Waals surface area contributed by atoms with Gasteiger partial charge in [0.05, 0.1) is 55.8 Å². The van der Waals surface area contributed by atoms with Gasteiger partial charge in [0.2, 0.25) is 29.5 Å². The number of carbonyl (C=O) groups excluding carboxylic acids is 7. The Kier molecular flexibility index (Phi) is 24.1. The lowest BCUT2D eigenvalue weighted by Crippen LogP contribution is -2.55. The van der Waals surface area contributed by atoms with Gasteiger partial charge in [-0.2, -0.15) is 0 Å². The van der Waals surface area contributed by atoms with Crippen LogP contribution in [0.4, 0.5) is 4.79 Å². The summed E-state index contributed by atoms with van der Waals surface area (Å²) in [5.41, 5.74) is 0.0980. The molecule has 6 amide bonds. The number of esters is 1. The predicted molar refractivity (Wildman–Crippen MR) is 251 cm³/mol. The number of amides is 6. The molecule has 18 nitrogen and oxygen atoms in total. The van der Waals surface area contributed by atoms with Crippen LogP contribution in [0.1, 0.15) is 100.0 Å². The molecule has 18 heteroatoms. The van der Waals surface area contributed by atoms with E-state index in [2.05, 4.69) is 21.3 Å². The molecule has 1 fully saturated rings. The number of hydrogen-bond acceptors (Lipinski definition) is 12. The molecule has 66 heavy (non-hydrogen) atoms. The van der Waals surface area contributed by atoms with Gasteiger partial charge < -0.3 is 50.0 Å². The van der Waals surface area contributed by atoms with Crippen LogP contribution < -0.4 is 21.3 Å². The van der Waals surface area contributed by atoms with Gasteiger partial charge in [-0.15, -0.1) is 0 Å².